The number of fused-ring (bicyclic) bond motifs is 2. The first-order valence-electron chi connectivity index (χ1n) is 10.7. The first-order chi connectivity index (χ1) is 15.5. The average molecular weight is 456 g/mol. The molecule has 0 bridgehead atoms. The van der Waals surface area contributed by atoms with E-state index in [-0.39, 0.29) is 0 Å². The zero-order valence-electron chi connectivity index (χ0n) is 18.0. The van der Waals surface area contributed by atoms with Gasteiger partial charge in [-0.15, -0.1) is 11.3 Å². The largest absolute Gasteiger partial charge is 0.465 e. The van der Waals surface area contributed by atoms with E-state index in [0.29, 0.717) is 28.1 Å². The fraction of sp³-hybridized carbons (Fsp3) is 0.391. The third-order valence-corrected chi connectivity index (χ3v) is 6.82. The van der Waals surface area contributed by atoms with E-state index in [1.54, 1.807) is 31.5 Å². The molecule has 32 heavy (non-hydrogen) atoms. The van der Waals surface area contributed by atoms with E-state index >= 15 is 0 Å². The van der Waals surface area contributed by atoms with Crippen molar-refractivity contribution in [1.29, 1.82) is 0 Å². The molecule has 2 N–H and O–H groups in total. The van der Waals surface area contributed by atoms with Crippen molar-refractivity contribution in [3.63, 3.8) is 0 Å². The summed E-state index contributed by atoms with van der Waals surface area (Å²) in [4.78, 5) is 46.3. The van der Waals surface area contributed by atoms with Crippen molar-refractivity contribution in [3.05, 3.63) is 46.1 Å². The first kappa shape index (κ1) is 22.0. The van der Waals surface area contributed by atoms with Gasteiger partial charge >= 0.3 is 11.9 Å². The Morgan fingerprint density at radius 1 is 1.19 bits per heavy atom. The summed E-state index contributed by atoms with van der Waals surface area (Å²) in [6.45, 7) is 1.76. The maximum Gasteiger partial charge on any atom is 0.341 e. The van der Waals surface area contributed by atoms with Crippen LogP contribution < -0.4 is 5.32 Å². The fourth-order valence-corrected chi connectivity index (χ4v) is 5.20. The van der Waals surface area contributed by atoms with Crippen LogP contribution in [-0.2, 0) is 27.1 Å². The number of H-pyrrole nitrogens is 1. The number of esters is 2. The molecule has 3 aromatic rings. The van der Waals surface area contributed by atoms with Crippen LogP contribution in [0.5, 0.6) is 0 Å². The van der Waals surface area contributed by atoms with Gasteiger partial charge in [-0.05, 0) is 55.9 Å². The minimum atomic E-state index is -0.993. The van der Waals surface area contributed by atoms with Crippen molar-refractivity contribution in [2.75, 3.05) is 12.4 Å². The zero-order chi connectivity index (χ0) is 22.7. The van der Waals surface area contributed by atoms with E-state index in [4.69, 9.17) is 9.47 Å². The number of carbonyl (C=O) groups is 3. The van der Waals surface area contributed by atoms with Gasteiger partial charge in [-0.25, -0.2) is 14.6 Å². The molecule has 0 radical (unpaired) electrons. The number of rotatable bonds is 6. The molecule has 1 atom stereocenters. The molecule has 0 saturated carbocycles. The van der Waals surface area contributed by atoms with E-state index in [1.807, 2.05) is 0 Å². The minimum absolute atomic E-state index is 0.294. The van der Waals surface area contributed by atoms with Crippen LogP contribution in [0.15, 0.2) is 24.5 Å². The summed E-state index contributed by atoms with van der Waals surface area (Å²) in [7, 11) is 1.34. The second kappa shape index (κ2) is 9.52. The summed E-state index contributed by atoms with van der Waals surface area (Å²) in [6, 6.07) is 4.97. The highest BCUT2D eigenvalue weighted by Crippen LogP contribution is 2.38. The predicted molar refractivity (Wildman–Crippen MR) is 121 cm³/mol. The van der Waals surface area contributed by atoms with E-state index in [2.05, 4.69) is 15.3 Å². The molecule has 1 aromatic carbocycles. The zero-order valence-corrected chi connectivity index (χ0v) is 18.8. The summed E-state index contributed by atoms with van der Waals surface area (Å²) < 4.78 is 10.5. The lowest BCUT2D eigenvalue weighted by atomic mass is 10.1. The Kier molecular flexibility index (Phi) is 6.55. The van der Waals surface area contributed by atoms with Crippen molar-refractivity contribution < 1.29 is 23.9 Å². The maximum absolute atomic E-state index is 13.0. The van der Waals surface area contributed by atoms with Gasteiger partial charge in [0.25, 0.3) is 5.91 Å². The highest BCUT2D eigenvalue weighted by atomic mass is 32.1. The molecule has 9 heteroatoms. The quantitative estimate of drug-likeness (QED) is 0.425. The summed E-state index contributed by atoms with van der Waals surface area (Å²) in [5.74, 6) is -1.53. The third-order valence-electron chi connectivity index (χ3n) is 5.62. The minimum Gasteiger partial charge on any atom is -0.465 e. The van der Waals surface area contributed by atoms with Crippen molar-refractivity contribution >= 4 is 45.2 Å². The van der Waals surface area contributed by atoms with Crippen LogP contribution in [0, 0.1) is 0 Å². The van der Waals surface area contributed by atoms with E-state index < -0.39 is 23.9 Å². The van der Waals surface area contributed by atoms with Gasteiger partial charge in [-0.2, -0.15) is 0 Å². The number of nitrogens with one attached hydrogen (secondary N) is 2. The van der Waals surface area contributed by atoms with E-state index in [9.17, 15) is 14.4 Å². The molecular weight excluding hydrogens is 430 g/mol. The second-order valence-corrected chi connectivity index (χ2v) is 8.79. The Bertz CT molecular complexity index is 1170. The molecule has 2 aromatic heterocycles. The van der Waals surface area contributed by atoms with Gasteiger partial charge in [0, 0.05) is 4.88 Å². The monoisotopic (exact) mass is 455 g/mol. The number of aromatic amines is 1. The SMILES string of the molecule is CCC(OC(=O)c1ccc2nc[nH]c2c1)C(=O)Nc1sc2c(c1C(=O)OC)CCCCC2. The highest BCUT2D eigenvalue weighted by molar-refractivity contribution is 7.17. The van der Waals surface area contributed by atoms with Crippen molar-refractivity contribution in [1.82, 2.24) is 9.97 Å². The number of nitrogens with zero attached hydrogens (tertiary/aromatic N) is 1. The molecule has 0 spiro atoms. The summed E-state index contributed by atoms with van der Waals surface area (Å²) >= 11 is 1.41. The number of imidazole rings is 1. The molecule has 1 unspecified atom stereocenters. The fourth-order valence-electron chi connectivity index (χ4n) is 3.92. The smallest absolute Gasteiger partial charge is 0.341 e. The highest BCUT2D eigenvalue weighted by Gasteiger charge is 2.29. The summed E-state index contributed by atoms with van der Waals surface area (Å²) in [5.41, 5.74) is 3.16. The lowest BCUT2D eigenvalue weighted by Crippen LogP contribution is -2.32. The number of hydrogen-bond donors (Lipinski definition) is 2. The Hall–Kier alpha value is -3.20. The molecule has 2 heterocycles. The number of methoxy groups -OCH3 is 1. The lowest BCUT2D eigenvalue weighted by Gasteiger charge is -2.16. The Morgan fingerprint density at radius 3 is 2.78 bits per heavy atom. The Labute approximate surface area is 189 Å². The molecule has 8 nitrogen and oxygen atoms in total. The number of hydrogen-bond acceptors (Lipinski definition) is 7. The molecule has 4 rings (SSSR count). The number of aromatic nitrogens is 2. The molecule has 0 fully saturated rings. The van der Waals surface area contributed by atoms with Crippen LogP contribution >= 0.6 is 11.3 Å². The van der Waals surface area contributed by atoms with Crippen LogP contribution in [0.25, 0.3) is 11.0 Å². The summed E-state index contributed by atoms with van der Waals surface area (Å²) in [6.07, 6.45) is 5.67. The van der Waals surface area contributed by atoms with Crippen LogP contribution in [-0.4, -0.2) is 41.0 Å². The topological polar surface area (TPSA) is 110 Å². The van der Waals surface area contributed by atoms with Gasteiger partial charge in [0.1, 0.15) is 5.00 Å². The van der Waals surface area contributed by atoms with Gasteiger partial charge in [0.2, 0.25) is 0 Å². The number of carbonyl (C=O) groups excluding carboxylic acids is 3. The predicted octanol–water partition coefficient (Wildman–Crippen LogP) is 4.25. The standard InChI is InChI=1S/C23H25N3O5S/c1-3-17(31-22(28)13-9-10-15-16(11-13)25-12-24-15)20(27)26-21-19(23(29)30-2)14-7-5-4-6-8-18(14)32-21/h9-12,17H,3-8H2,1-2H3,(H,24,25)(H,26,27). The average Bonchev–Trinajstić information content (AvgIpc) is 3.33. The van der Waals surface area contributed by atoms with Crippen LogP contribution in [0.2, 0.25) is 0 Å². The van der Waals surface area contributed by atoms with Crippen molar-refractivity contribution in [2.45, 2.75) is 51.6 Å². The number of anilines is 1. The van der Waals surface area contributed by atoms with Gasteiger partial charge in [-0.1, -0.05) is 13.3 Å². The van der Waals surface area contributed by atoms with Gasteiger partial charge in [0.15, 0.2) is 6.10 Å². The molecule has 1 aliphatic rings. The third kappa shape index (κ3) is 4.38. The van der Waals surface area contributed by atoms with Crippen LogP contribution in [0.4, 0.5) is 5.00 Å². The summed E-state index contributed by atoms with van der Waals surface area (Å²) in [5, 5.41) is 3.28. The van der Waals surface area contributed by atoms with Gasteiger partial charge in [0.05, 0.1) is 35.6 Å². The first-order valence-corrected chi connectivity index (χ1v) is 11.5. The van der Waals surface area contributed by atoms with E-state index in [1.165, 1.54) is 18.4 Å². The van der Waals surface area contributed by atoms with Gasteiger partial charge < -0.3 is 19.8 Å². The number of thiophene rings is 1. The molecule has 168 valence electrons. The Morgan fingerprint density at radius 2 is 2.00 bits per heavy atom. The normalized spacial score (nSPS) is 14.3. The van der Waals surface area contributed by atoms with Crippen LogP contribution in [0.1, 0.15) is 63.8 Å². The molecule has 0 aliphatic heterocycles. The molecule has 1 aliphatic carbocycles. The number of benzene rings is 1. The molecular formula is C23H25N3O5S. The van der Waals surface area contributed by atoms with Crippen molar-refractivity contribution in [3.8, 4) is 0 Å². The van der Waals surface area contributed by atoms with Gasteiger partial charge in [-0.3, -0.25) is 4.79 Å². The van der Waals surface area contributed by atoms with Crippen molar-refractivity contribution in [2.24, 2.45) is 0 Å². The number of amides is 1. The maximum atomic E-state index is 13.0. The number of ether oxygens (including phenoxy) is 2. The lowest BCUT2D eigenvalue weighted by molar-refractivity contribution is -0.124. The molecule has 0 saturated heterocycles. The molecule has 1 amide bonds. The Balaban J connectivity index is 1.52. The van der Waals surface area contributed by atoms with Crippen LogP contribution in [0.3, 0.4) is 0 Å². The number of aryl methyl sites for hydroxylation is 1. The van der Waals surface area contributed by atoms with E-state index in [0.717, 1.165) is 48.1 Å². The second-order valence-electron chi connectivity index (χ2n) is 7.69.